The number of nitrogens with zero attached hydrogens (tertiary/aromatic N) is 1. The summed E-state index contributed by atoms with van der Waals surface area (Å²) in [6.45, 7) is 0. The van der Waals surface area contributed by atoms with Crippen molar-refractivity contribution in [2.24, 2.45) is 29.4 Å². The number of hydrogen-bond acceptors (Lipinski definition) is 10. The summed E-state index contributed by atoms with van der Waals surface area (Å²) in [4.78, 5) is 79.6. The Morgan fingerprint density at radius 3 is 2.45 bits per heavy atom. The molecule has 3 aliphatic carbocycles. The number of rotatable bonds is 5. The van der Waals surface area contributed by atoms with Gasteiger partial charge < -0.3 is 20.7 Å². The second kappa shape index (κ2) is 10.4. The van der Waals surface area contributed by atoms with E-state index >= 15 is 0 Å². The normalized spacial score (nSPS) is 28.8. The van der Waals surface area contributed by atoms with E-state index in [0.29, 0.717) is 22.3 Å². The SMILES string of the molecule is COC(=O)C=Cc1cccc(-c2ccc(O)c3c2C[C@@H]2C[C@@H]4[C@@H](N(C)C)C(=O)C(C(N)=O)C(=O)[C@]4(O)C(=O)C2C3=O)c1. The molecule has 2 saturated carbocycles. The number of likely N-dealkylation sites (N-methyl/N-ethyl adjacent to an activating group) is 1. The van der Waals surface area contributed by atoms with Crippen LogP contribution in [0.4, 0.5) is 0 Å². The minimum absolute atomic E-state index is 0.0408. The summed E-state index contributed by atoms with van der Waals surface area (Å²) < 4.78 is 4.64. The molecule has 1 amide bonds. The number of phenols is 1. The van der Waals surface area contributed by atoms with Crippen molar-refractivity contribution in [1.29, 1.82) is 0 Å². The van der Waals surface area contributed by atoms with Crippen LogP contribution in [0.2, 0.25) is 0 Å². The molecule has 2 aromatic carbocycles. The van der Waals surface area contributed by atoms with E-state index < -0.39 is 70.3 Å². The molecular formula is C31H30N2O9. The Balaban J connectivity index is 1.61. The number of nitrogens with two attached hydrogens (primary N) is 1. The molecule has 0 saturated heterocycles. The van der Waals surface area contributed by atoms with Crippen molar-refractivity contribution in [2.45, 2.75) is 24.5 Å². The number of carbonyl (C=O) groups is 6. The van der Waals surface area contributed by atoms with Crippen LogP contribution in [-0.2, 0) is 35.1 Å². The molecule has 2 unspecified atom stereocenters. The largest absolute Gasteiger partial charge is 0.507 e. The highest BCUT2D eigenvalue weighted by atomic mass is 16.5. The van der Waals surface area contributed by atoms with Gasteiger partial charge in [0.15, 0.2) is 34.7 Å². The summed E-state index contributed by atoms with van der Waals surface area (Å²) in [5, 5.41) is 22.5. The zero-order valence-electron chi connectivity index (χ0n) is 23.2. The standard InChI is InChI=1S/C31H30N2O9/c1-33(2)25-19-13-16-12-18-17(15-6-4-5-14(11-15)7-10-21(35)42-3)8-9-20(34)23(18)26(36)22(16)28(38)31(19,41)29(39)24(27(25)37)30(32)40/h4-11,16,19,22,24-25,34,41H,12-13H2,1-3H3,(H2,32,40)/t16-,19-,22?,24?,25-,31-/m1/s1. The number of benzene rings is 2. The average molecular weight is 575 g/mol. The van der Waals surface area contributed by atoms with Crippen LogP contribution in [-0.4, -0.2) is 83.0 Å². The Kier molecular flexibility index (Phi) is 7.20. The molecule has 0 aliphatic heterocycles. The van der Waals surface area contributed by atoms with Gasteiger partial charge in [0.25, 0.3) is 0 Å². The Bertz CT molecular complexity index is 1590. The number of aliphatic hydroxyl groups is 1. The van der Waals surface area contributed by atoms with Crippen molar-refractivity contribution in [3.8, 4) is 16.9 Å². The molecule has 0 aromatic heterocycles. The van der Waals surface area contributed by atoms with Crippen molar-refractivity contribution in [3.05, 3.63) is 59.2 Å². The van der Waals surface area contributed by atoms with Crippen LogP contribution in [0.3, 0.4) is 0 Å². The van der Waals surface area contributed by atoms with Gasteiger partial charge in [-0.05, 0) is 73.3 Å². The number of primary amides is 1. The first-order chi connectivity index (χ1) is 19.8. The van der Waals surface area contributed by atoms with Crippen LogP contribution in [0.15, 0.2) is 42.5 Å². The molecule has 218 valence electrons. The lowest BCUT2D eigenvalue weighted by molar-refractivity contribution is -0.181. The molecule has 42 heavy (non-hydrogen) atoms. The molecule has 2 aromatic rings. The summed E-state index contributed by atoms with van der Waals surface area (Å²) >= 11 is 0. The predicted octanol–water partition coefficient (Wildman–Crippen LogP) is 0.720. The Hall–Kier alpha value is -4.48. The van der Waals surface area contributed by atoms with E-state index in [1.807, 2.05) is 0 Å². The monoisotopic (exact) mass is 574 g/mol. The minimum atomic E-state index is -2.77. The molecule has 3 aliphatic rings. The second-order valence-electron chi connectivity index (χ2n) is 11.3. The molecule has 0 bridgehead atoms. The van der Waals surface area contributed by atoms with Gasteiger partial charge in [-0.3, -0.25) is 28.9 Å². The molecule has 0 spiro atoms. The molecular weight excluding hydrogens is 544 g/mol. The van der Waals surface area contributed by atoms with Crippen LogP contribution >= 0.6 is 0 Å². The van der Waals surface area contributed by atoms with Gasteiger partial charge in [0.05, 0.1) is 24.6 Å². The third-order valence-electron chi connectivity index (χ3n) is 8.76. The number of fused-ring (bicyclic) bond motifs is 3. The maximum absolute atomic E-state index is 14.0. The van der Waals surface area contributed by atoms with Gasteiger partial charge in [0.2, 0.25) is 5.91 Å². The Labute approximate surface area is 240 Å². The fraction of sp³-hybridized carbons (Fsp3) is 0.355. The average Bonchev–Trinajstić information content (AvgIpc) is 2.93. The summed E-state index contributed by atoms with van der Waals surface area (Å²) in [6, 6.07) is 8.94. The van der Waals surface area contributed by atoms with E-state index in [4.69, 9.17) is 5.73 Å². The van der Waals surface area contributed by atoms with Gasteiger partial charge in [-0.1, -0.05) is 24.3 Å². The summed E-state index contributed by atoms with van der Waals surface area (Å²) in [5.41, 5.74) is 4.95. The molecule has 11 heteroatoms. The Morgan fingerprint density at radius 1 is 1.10 bits per heavy atom. The first-order valence-corrected chi connectivity index (χ1v) is 13.4. The number of phenolic OH excluding ortho intramolecular Hbond substituents is 1. The minimum Gasteiger partial charge on any atom is -0.507 e. The van der Waals surface area contributed by atoms with E-state index in [1.54, 1.807) is 36.4 Å². The number of methoxy groups -OCH3 is 1. The van der Waals surface area contributed by atoms with Gasteiger partial charge in [-0.2, -0.15) is 0 Å². The molecule has 2 fully saturated rings. The molecule has 0 heterocycles. The van der Waals surface area contributed by atoms with Crippen molar-refractivity contribution >= 4 is 41.1 Å². The number of ether oxygens (including phenoxy) is 1. The quantitative estimate of drug-likeness (QED) is 0.261. The summed E-state index contributed by atoms with van der Waals surface area (Å²) in [6.07, 6.45) is 2.94. The zero-order valence-corrected chi connectivity index (χ0v) is 23.2. The second-order valence-corrected chi connectivity index (χ2v) is 11.3. The van der Waals surface area contributed by atoms with E-state index in [9.17, 15) is 39.0 Å². The van der Waals surface area contributed by atoms with E-state index in [1.165, 1.54) is 38.2 Å². The van der Waals surface area contributed by atoms with Crippen LogP contribution in [0.1, 0.15) is 27.9 Å². The maximum Gasteiger partial charge on any atom is 0.330 e. The lowest BCUT2D eigenvalue weighted by atomic mass is 9.52. The number of ketones is 4. The first kappa shape index (κ1) is 29.0. The van der Waals surface area contributed by atoms with Crippen molar-refractivity contribution in [3.63, 3.8) is 0 Å². The van der Waals surface area contributed by atoms with Crippen molar-refractivity contribution in [1.82, 2.24) is 4.90 Å². The highest BCUT2D eigenvalue weighted by molar-refractivity contribution is 6.32. The van der Waals surface area contributed by atoms with E-state index in [0.717, 1.165) is 0 Å². The fourth-order valence-electron chi connectivity index (χ4n) is 6.92. The Morgan fingerprint density at radius 2 is 1.81 bits per heavy atom. The van der Waals surface area contributed by atoms with Crippen LogP contribution in [0, 0.1) is 23.7 Å². The summed E-state index contributed by atoms with van der Waals surface area (Å²) in [7, 11) is 4.34. The van der Waals surface area contributed by atoms with Crippen LogP contribution in [0.25, 0.3) is 17.2 Å². The number of carbonyl (C=O) groups excluding carboxylic acids is 6. The number of Topliss-reactive ketones (excluding diaryl/α,β-unsaturated/α-hetero) is 4. The zero-order chi connectivity index (χ0) is 30.7. The number of esters is 1. The van der Waals surface area contributed by atoms with E-state index in [2.05, 4.69) is 4.74 Å². The molecule has 11 nitrogen and oxygen atoms in total. The molecule has 4 N–H and O–H groups in total. The highest BCUT2D eigenvalue weighted by Gasteiger charge is 2.69. The third-order valence-corrected chi connectivity index (χ3v) is 8.76. The van der Waals surface area contributed by atoms with Crippen LogP contribution < -0.4 is 5.73 Å². The fourth-order valence-corrected chi connectivity index (χ4v) is 6.92. The van der Waals surface area contributed by atoms with Crippen molar-refractivity contribution < 1.29 is 43.7 Å². The molecule has 0 radical (unpaired) electrons. The lowest BCUT2D eigenvalue weighted by Gasteiger charge is -2.52. The van der Waals surface area contributed by atoms with Gasteiger partial charge >= 0.3 is 5.97 Å². The predicted molar refractivity (Wildman–Crippen MR) is 148 cm³/mol. The van der Waals surface area contributed by atoms with Gasteiger partial charge in [-0.15, -0.1) is 0 Å². The first-order valence-electron chi connectivity index (χ1n) is 13.4. The van der Waals surface area contributed by atoms with Crippen LogP contribution in [0.5, 0.6) is 5.75 Å². The molecule has 6 atom stereocenters. The van der Waals surface area contributed by atoms with Gasteiger partial charge in [0.1, 0.15) is 5.75 Å². The van der Waals surface area contributed by atoms with Crippen molar-refractivity contribution in [2.75, 3.05) is 21.2 Å². The van der Waals surface area contributed by atoms with Gasteiger partial charge in [0, 0.05) is 12.0 Å². The topological polar surface area (TPSA) is 181 Å². The number of hydrogen-bond donors (Lipinski definition) is 3. The maximum atomic E-state index is 14.0. The van der Waals surface area contributed by atoms with Gasteiger partial charge in [-0.25, -0.2) is 4.79 Å². The number of amides is 1. The summed E-state index contributed by atoms with van der Waals surface area (Å²) in [5.74, 6) is -11.5. The third kappa shape index (κ3) is 4.27. The smallest absolute Gasteiger partial charge is 0.330 e. The highest BCUT2D eigenvalue weighted by Crippen LogP contribution is 2.51. The number of aromatic hydroxyl groups is 1. The lowest BCUT2D eigenvalue weighted by Crippen LogP contribution is -2.74. The van der Waals surface area contributed by atoms with E-state index in [-0.39, 0.29) is 24.2 Å². The molecule has 5 rings (SSSR count).